The number of benzene rings is 7. The molecule has 7 aromatic rings. The van der Waals surface area contributed by atoms with Gasteiger partial charge in [-0.1, -0.05) is 195 Å². The predicted octanol–water partition coefficient (Wildman–Crippen LogP) is 13.9. The Kier molecular flexibility index (Phi) is 38.6. The topological polar surface area (TPSA) is 339 Å². The second-order valence-corrected chi connectivity index (χ2v) is 32.0. The number of nitrogens with one attached hydrogen (secondary N) is 4. The van der Waals surface area contributed by atoms with E-state index in [-0.39, 0.29) is 82.2 Å². The molecule has 3 amide bonds. The van der Waals surface area contributed by atoms with Crippen LogP contribution in [0.1, 0.15) is 108 Å². The number of alkyl carbamates (subject to hydrolysis) is 3. The summed E-state index contributed by atoms with van der Waals surface area (Å²) in [6, 6.07) is 58.1. The Morgan fingerprint density at radius 2 is 0.829 bits per heavy atom. The Morgan fingerprint density at radius 3 is 1.13 bits per heavy atom. The quantitative estimate of drug-likeness (QED) is 0.0115. The molecule has 0 radical (unpaired) electrons. The van der Waals surface area contributed by atoms with Gasteiger partial charge in [-0.05, 0) is 107 Å². The van der Waals surface area contributed by atoms with Crippen molar-refractivity contribution >= 4 is 91.0 Å². The molecular formula is C81H109ClF6N16O11S2. The van der Waals surface area contributed by atoms with Gasteiger partial charge in [-0.2, -0.15) is 53.4 Å². The molecule has 0 saturated carbocycles. The Hall–Kier alpha value is -10.4. The Balaban J connectivity index is 0.000000271. The second-order valence-electron chi connectivity index (χ2n) is 28.3. The Morgan fingerprint density at radius 1 is 0.487 bits per heavy atom. The second kappa shape index (κ2) is 46.5. The van der Waals surface area contributed by atoms with Crippen LogP contribution >= 0.6 is 12.4 Å². The molecule has 10 rings (SSSR count). The molecule has 0 atom stereocenters. The number of sulfonamides is 2. The summed E-state index contributed by atoms with van der Waals surface area (Å²) in [6.07, 6.45) is -1.43. The van der Waals surface area contributed by atoms with E-state index >= 15 is 0 Å². The number of amidine groups is 3. The van der Waals surface area contributed by atoms with Crippen LogP contribution in [0.5, 0.6) is 0 Å². The van der Waals surface area contributed by atoms with Crippen molar-refractivity contribution in [2.75, 3.05) is 79.5 Å². The maximum absolute atomic E-state index is 13.0. The molecule has 0 fully saturated rings. The first-order chi connectivity index (χ1) is 54.9. The van der Waals surface area contributed by atoms with Crippen LogP contribution in [-0.2, 0) is 85.0 Å². The third kappa shape index (κ3) is 30.9. The van der Waals surface area contributed by atoms with Crippen LogP contribution in [0, 0.1) is 23.7 Å². The Bertz CT molecular complexity index is 4510. The molecule has 0 aliphatic carbocycles. The number of ether oxygens (including phenoxy) is 4. The van der Waals surface area contributed by atoms with Gasteiger partial charge in [0.1, 0.15) is 37.3 Å². The number of carbonyl (C=O) groups is 3. The van der Waals surface area contributed by atoms with Gasteiger partial charge in [0, 0.05) is 64.1 Å². The molecule has 3 aliphatic heterocycles. The van der Waals surface area contributed by atoms with Gasteiger partial charge in [0.2, 0.25) is 0 Å². The van der Waals surface area contributed by atoms with Gasteiger partial charge < -0.3 is 51.4 Å². The first kappa shape index (κ1) is 97.1. The van der Waals surface area contributed by atoms with Crippen molar-refractivity contribution in [1.82, 2.24) is 30.0 Å². The van der Waals surface area contributed by atoms with E-state index in [1.165, 1.54) is 10.0 Å². The summed E-state index contributed by atoms with van der Waals surface area (Å²) >= 11 is 0. The Labute approximate surface area is 688 Å². The lowest BCUT2D eigenvalue weighted by molar-refractivity contribution is -0.0479. The number of amides is 3. The lowest BCUT2D eigenvalue weighted by Crippen LogP contribution is -2.52. The molecule has 640 valence electrons. The van der Waals surface area contributed by atoms with E-state index in [0.29, 0.717) is 64.5 Å². The number of anilines is 4. The SMILES string of the molecule is CC(C)C1=NCCN(c2ccc(CNC(=O)OCc3ccccc3)cc2)N1.CC(C)C1=NN(c2ccc(CN)cc2)CCN1S(=O)(=O)C(F)(F)F.CC(C)C1=NN(c2ccc(CNC(=O)OCc3ccccc3)cc2)CCN1S(=O)(=O)C(F)(F)F.COC(C)(C)C(C)C.Cl.NCCN(N)c1ccc(CNC(=O)OCc2ccccc2)cc1. The summed E-state index contributed by atoms with van der Waals surface area (Å²) in [5.74, 6) is 6.44. The third-order valence-corrected chi connectivity index (χ3v) is 21.1. The standard InChI is InChI=1S/C22H25F3N4O4S.C21H26N4O2.C17H22N4O2.C14H19F3N4O2S.C7H16O.ClH/c1-16(2)20-27-28(12-13-29(20)34(31,32)22(23,24)25)19-10-8-17(9-11-19)14-26-21(30)33-15-18-6-4-3-5-7-18;1-16(2)20-22-12-13-25(24-20)19-10-8-17(9-11-19)14-23-21(26)27-15-18-6-4-3-5-7-18;18-10-11-21(19)16-8-6-14(7-9-16)12-20-17(22)23-13-15-4-2-1-3-5-15;1-10(2)13-19-20(12-5-3-11(9-18)4-6-12)7-8-21(13)24(22,23)14(15,16)17;1-6(2)7(3,4)8-5;/h3-11,16H,12-15H2,1-2H3,(H,26,30);3-11,16H,12-15H2,1-2H3,(H,22,24)(H,23,26);1-9H,10-13,18-19H2,(H,20,22);3-6,10H,7-9,18H2,1-2H3;6H,1-5H3;1H. The first-order valence-corrected chi connectivity index (χ1v) is 40.4. The normalized spacial score (nSPS) is 13.7. The van der Waals surface area contributed by atoms with Crippen LogP contribution in [0.25, 0.3) is 0 Å². The van der Waals surface area contributed by atoms with Crippen molar-refractivity contribution in [3.63, 3.8) is 0 Å². The minimum Gasteiger partial charge on any atom is -0.445 e. The highest BCUT2D eigenvalue weighted by Gasteiger charge is 2.53. The van der Waals surface area contributed by atoms with Crippen molar-refractivity contribution in [2.24, 2.45) is 56.2 Å². The van der Waals surface area contributed by atoms with Gasteiger partial charge >= 0.3 is 49.3 Å². The zero-order valence-corrected chi connectivity index (χ0v) is 70.0. The van der Waals surface area contributed by atoms with Crippen LogP contribution in [-0.4, -0.2) is 137 Å². The number of hydrogen-bond acceptors (Lipinski definition) is 22. The summed E-state index contributed by atoms with van der Waals surface area (Å²) < 4.78 is 146. The zero-order valence-electron chi connectivity index (χ0n) is 67.6. The van der Waals surface area contributed by atoms with Crippen molar-refractivity contribution < 1.29 is 76.5 Å². The molecule has 10 N–H and O–H groups in total. The largest absolute Gasteiger partial charge is 0.516 e. The molecule has 0 unspecified atom stereocenters. The van der Waals surface area contributed by atoms with E-state index in [1.54, 1.807) is 88.3 Å². The zero-order chi connectivity index (χ0) is 85.4. The van der Waals surface area contributed by atoms with Gasteiger partial charge in [-0.15, -0.1) is 12.4 Å². The van der Waals surface area contributed by atoms with Crippen molar-refractivity contribution in [3.05, 3.63) is 227 Å². The number of alkyl halides is 6. The molecule has 3 heterocycles. The van der Waals surface area contributed by atoms with Gasteiger partial charge in [-0.3, -0.25) is 25.4 Å². The highest BCUT2D eigenvalue weighted by molar-refractivity contribution is 7.90. The van der Waals surface area contributed by atoms with Gasteiger partial charge in [0.05, 0.1) is 67.6 Å². The molecule has 0 bridgehead atoms. The molecule has 0 saturated heterocycles. The van der Waals surface area contributed by atoms with E-state index in [0.717, 1.165) is 69.2 Å². The minimum atomic E-state index is -5.52. The van der Waals surface area contributed by atoms with Crippen LogP contribution in [0.15, 0.2) is 203 Å². The van der Waals surface area contributed by atoms with E-state index in [4.69, 9.17) is 36.3 Å². The van der Waals surface area contributed by atoms with E-state index in [9.17, 15) is 57.6 Å². The average molecular weight is 1700 g/mol. The number of nitrogens with two attached hydrogens (primary N) is 3. The third-order valence-electron chi connectivity index (χ3n) is 18.0. The van der Waals surface area contributed by atoms with Gasteiger partial charge in [0.25, 0.3) is 0 Å². The van der Waals surface area contributed by atoms with E-state index in [1.807, 2.05) is 140 Å². The smallest absolute Gasteiger partial charge is 0.445 e. The molecular weight excluding hydrogens is 1590 g/mol. The van der Waals surface area contributed by atoms with Crippen molar-refractivity contribution in [1.29, 1.82) is 0 Å². The van der Waals surface area contributed by atoms with E-state index in [2.05, 4.69) is 83.1 Å². The number of hydrazine groups is 2. The maximum Gasteiger partial charge on any atom is 0.516 e. The maximum atomic E-state index is 13.0. The summed E-state index contributed by atoms with van der Waals surface area (Å²) in [4.78, 5) is 39.9. The van der Waals surface area contributed by atoms with Crippen LogP contribution < -0.4 is 58.7 Å². The van der Waals surface area contributed by atoms with Crippen molar-refractivity contribution in [2.45, 2.75) is 132 Å². The lowest BCUT2D eigenvalue weighted by Gasteiger charge is -2.35. The fourth-order valence-corrected chi connectivity index (χ4v) is 12.6. The molecule has 36 heteroatoms. The predicted molar refractivity (Wildman–Crippen MR) is 448 cm³/mol. The summed E-state index contributed by atoms with van der Waals surface area (Å²) in [6.45, 7) is 23.2. The summed E-state index contributed by atoms with van der Waals surface area (Å²) in [7, 11) is -9.22. The summed E-state index contributed by atoms with van der Waals surface area (Å²) in [5, 5.41) is 23.1. The van der Waals surface area contributed by atoms with Gasteiger partial charge in [0.15, 0.2) is 0 Å². The van der Waals surface area contributed by atoms with Crippen LogP contribution in [0.3, 0.4) is 0 Å². The van der Waals surface area contributed by atoms with Gasteiger partial charge in [-0.25, -0.2) is 28.8 Å². The number of rotatable bonds is 26. The number of nitrogens with zero attached hydrogens (tertiary/aromatic N) is 9. The monoisotopic (exact) mass is 1690 g/mol. The van der Waals surface area contributed by atoms with Crippen LogP contribution in [0.4, 0.5) is 63.5 Å². The molecule has 27 nitrogen and oxygen atoms in total. The first-order valence-electron chi connectivity index (χ1n) is 37.5. The molecule has 7 aromatic carbocycles. The minimum absolute atomic E-state index is 0. The molecule has 0 spiro atoms. The van der Waals surface area contributed by atoms with Crippen molar-refractivity contribution in [3.8, 4) is 0 Å². The highest BCUT2D eigenvalue weighted by Crippen LogP contribution is 2.33. The molecule has 3 aliphatic rings. The fraction of sp³-hybridized carbons (Fsp3) is 0.407. The number of halogens is 7. The lowest BCUT2D eigenvalue weighted by atomic mass is 9.95. The highest BCUT2D eigenvalue weighted by atomic mass is 35.5. The number of methoxy groups -OCH3 is 1. The number of aliphatic imine (C=N–C) groups is 1. The number of hydrogen-bond donors (Lipinski definition) is 7. The average Bonchev–Trinajstić information content (AvgIpc) is 0.773. The van der Waals surface area contributed by atoms with E-state index < -0.39 is 61.2 Å². The number of carbonyl (C=O) groups excluding carboxylic acids is 3. The number of hydrazone groups is 2. The molecule has 0 aromatic heterocycles. The summed E-state index contributed by atoms with van der Waals surface area (Å²) in [5.41, 5.74) is 13.3. The fourth-order valence-electron chi connectivity index (χ4n) is 10.5. The molecule has 117 heavy (non-hydrogen) atoms. The van der Waals surface area contributed by atoms with Crippen LogP contribution in [0.2, 0.25) is 0 Å².